The van der Waals surface area contributed by atoms with Crippen molar-refractivity contribution in [2.45, 2.75) is 13.8 Å². The second kappa shape index (κ2) is 5.65. The fraction of sp³-hybridized carbons (Fsp3) is 0.154. The highest BCUT2D eigenvalue weighted by atomic mass is 35.5. The summed E-state index contributed by atoms with van der Waals surface area (Å²) in [6.07, 6.45) is 0. The molecule has 0 aliphatic heterocycles. The van der Waals surface area contributed by atoms with Crippen molar-refractivity contribution >= 4 is 40.5 Å². The van der Waals surface area contributed by atoms with Gasteiger partial charge >= 0.3 is 0 Å². The Morgan fingerprint density at radius 1 is 1.00 bits per heavy atom. The van der Waals surface area contributed by atoms with Crippen LogP contribution in [-0.2, 0) is 0 Å². The highest BCUT2D eigenvalue weighted by Crippen LogP contribution is 2.30. The summed E-state index contributed by atoms with van der Waals surface area (Å²) in [5.74, 6) is 6.21. The quantitative estimate of drug-likeness (QED) is 0.591. The van der Waals surface area contributed by atoms with Crippen molar-refractivity contribution in [1.82, 2.24) is 4.98 Å². The third-order valence-electron chi connectivity index (χ3n) is 2.84. The van der Waals surface area contributed by atoms with Crippen LogP contribution in [0.4, 0.5) is 17.3 Å². The van der Waals surface area contributed by atoms with Gasteiger partial charge < -0.3 is 10.7 Å². The van der Waals surface area contributed by atoms with Crippen LogP contribution in [-0.4, -0.2) is 4.98 Å². The highest BCUT2D eigenvalue weighted by molar-refractivity contribution is 6.37. The average molecular weight is 297 g/mol. The molecule has 0 unspecified atom stereocenters. The largest absolute Gasteiger partial charge is 0.339 e. The molecule has 0 bridgehead atoms. The molecule has 6 heteroatoms. The number of benzene rings is 1. The van der Waals surface area contributed by atoms with Gasteiger partial charge in [-0.3, -0.25) is 0 Å². The molecule has 0 saturated heterocycles. The van der Waals surface area contributed by atoms with E-state index in [0.717, 1.165) is 5.69 Å². The highest BCUT2D eigenvalue weighted by Gasteiger charge is 2.09. The zero-order chi connectivity index (χ0) is 14.0. The summed E-state index contributed by atoms with van der Waals surface area (Å²) < 4.78 is 0. The Kier molecular flexibility index (Phi) is 4.14. The van der Waals surface area contributed by atoms with Gasteiger partial charge in [-0.15, -0.1) is 0 Å². The van der Waals surface area contributed by atoms with Gasteiger partial charge in [0.2, 0.25) is 0 Å². The van der Waals surface area contributed by atoms with E-state index in [1.165, 1.54) is 11.1 Å². The minimum atomic E-state index is 0.373. The van der Waals surface area contributed by atoms with Gasteiger partial charge in [-0.05, 0) is 43.2 Å². The molecule has 0 radical (unpaired) electrons. The van der Waals surface area contributed by atoms with Crippen molar-refractivity contribution in [3.63, 3.8) is 0 Å². The molecule has 2 rings (SSSR count). The molecule has 0 atom stereocenters. The number of hydrogen-bond acceptors (Lipinski definition) is 4. The van der Waals surface area contributed by atoms with Crippen LogP contribution >= 0.6 is 23.2 Å². The Bertz CT molecular complexity index is 614. The van der Waals surface area contributed by atoms with Crippen molar-refractivity contribution in [3.05, 3.63) is 45.4 Å². The maximum absolute atomic E-state index is 6.10. The van der Waals surface area contributed by atoms with E-state index < -0.39 is 0 Å². The van der Waals surface area contributed by atoms with Crippen molar-refractivity contribution in [3.8, 4) is 0 Å². The van der Waals surface area contributed by atoms with E-state index >= 15 is 0 Å². The van der Waals surface area contributed by atoms with Gasteiger partial charge in [-0.2, -0.15) is 0 Å². The lowest BCUT2D eigenvalue weighted by Crippen LogP contribution is -2.10. The number of rotatable bonds is 3. The summed E-state index contributed by atoms with van der Waals surface area (Å²) in [7, 11) is 0. The molecule has 0 amide bonds. The van der Waals surface area contributed by atoms with Crippen LogP contribution in [0.2, 0.25) is 10.0 Å². The monoisotopic (exact) mass is 296 g/mol. The van der Waals surface area contributed by atoms with E-state index in [1.807, 2.05) is 25.1 Å². The van der Waals surface area contributed by atoms with E-state index in [4.69, 9.17) is 29.0 Å². The topological polar surface area (TPSA) is 63.0 Å². The Balaban J connectivity index is 2.34. The van der Waals surface area contributed by atoms with Crippen LogP contribution in [0.15, 0.2) is 24.3 Å². The van der Waals surface area contributed by atoms with Gasteiger partial charge in [0, 0.05) is 5.69 Å². The van der Waals surface area contributed by atoms with Crippen LogP contribution < -0.4 is 16.6 Å². The molecule has 0 spiro atoms. The number of aryl methyl sites for hydroxylation is 2. The lowest BCUT2D eigenvalue weighted by Gasteiger charge is -2.11. The second-order valence-electron chi connectivity index (χ2n) is 4.22. The maximum atomic E-state index is 6.10. The van der Waals surface area contributed by atoms with Crippen molar-refractivity contribution in [2.24, 2.45) is 5.84 Å². The molecular formula is C13H14Cl2N4. The summed E-state index contributed by atoms with van der Waals surface area (Å²) in [6.45, 7) is 4.10. The van der Waals surface area contributed by atoms with Gasteiger partial charge in [0.25, 0.3) is 0 Å². The average Bonchev–Trinajstić information content (AvgIpc) is 2.37. The van der Waals surface area contributed by atoms with Gasteiger partial charge in [0.1, 0.15) is 0 Å². The standard InChI is InChI=1S/C13H14Cl2N4/c1-7-3-4-9(5-8(7)2)17-12-10(14)6-11(15)13(18-12)19-16/h3-6H,16H2,1-2H3,(H2,17,18,19). The summed E-state index contributed by atoms with van der Waals surface area (Å²) in [5, 5.41) is 3.95. The molecule has 1 aromatic heterocycles. The van der Waals surface area contributed by atoms with Crippen molar-refractivity contribution in [1.29, 1.82) is 0 Å². The molecule has 0 saturated carbocycles. The zero-order valence-electron chi connectivity index (χ0n) is 10.6. The number of halogens is 2. The van der Waals surface area contributed by atoms with E-state index in [-0.39, 0.29) is 0 Å². The van der Waals surface area contributed by atoms with Crippen LogP contribution in [0.1, 0.15) is 11.1 Å². The van der Waals surface area contributed by atoms with Gasteiger partial charge in [0.05, 0.1) is 10.0 Å². The first-order valence-electron chi connectivity index (χ1n) is 5.68. The predicted molar refractivity (Wildman–Crippen MR) is 81.3 cm³/mol. The Labute approximate surface area is 121 Å². The summed E-state index contributed by atoms with van der Waals surface area (Å²) in [6, 6.07) is 7.61. The molecule has 1 aromatic carbocycles. The summed E-state index contributed by atoms with van der Waals surface area (Å²) in [4.78, 5) is 4.23. The zero-order valence-corrected chi connectivity index (χ0v) is 12.1. The Hall–Kier alpha value is -1.49. The van der Waals surface area contributed by atoms with Gasteiger partial charge in [0.15, 0.2) is 11.6 Å². The Morgan fingerprint density at radius 2 is 1.68 bits per heavy atom. The molecule has 4 nitrogen and oxygen atoms in total. The molecule has 1 heterocycles. The fourth-order valence-electron chi connectivity index (χ4n) is 1.61. The van der Waals surface area contributed by atoms with E-state index in [0.29, 0.717) is 21.7 Å². The van der Waals surface area contributed by atoms with Crippen LogP contribution in [0, 0.1) is 13.8 Å². The Morgan fingerprint density at radius 3 is 2.32 bits per heavy atom. The van der Waals surface area contributed by atoms with Crippen molar-refractivity contribution < 1.29 is 0 Å². The molecule has 19 heavy (non-hydrogen) atoms. The number of nitrogens with one attached hydrogen (secondary N) is 2. The minimum Gasteiger partial charge on any atom is -0.339 e. The number of hydrazine groups is 1. The number of nitrogens with zero attached hydrogens (tertiary/aromatic N) is 1. The summed E-state index contributed by atoms with van der Waals surface area (Å²) >= 11 is 12.0. The van der Waals surface area contributed by atoms with Crippen LogP contribution in [0.25, 0.3) is 0 Å². The number of hydrogen-bond donors (Lipinski definition) is 3. The van der Waals surface area contributed by atoms with E-state index in [2.05, 4.69) is 22.7 Å². The van der Waals surface area contributed by atoms with Gasteiger partial charge in [-0.25, -0.2) is 10.8 Å². The third kappa shape index (κ3) is 3.10. The number of nitrogens with two attached hydrogens (primary N) is 1. The number of pyridine rings is 1. The first kappa shape index (κ1) is 13.9. The van der Waals surface area contributed by atoms with E-state index in [9.17, 15) is 0 Å². The lowest BCUT2D eigenvalue weighted by atomic mass is 10.1. The van der Waals surface area contributed by atoms with Crippen LogP contribution in [0.5, 0.6) is 0 Å². The molecule has 0 aliphatic rings. The minimum absolute atomic E-state index is 0.373. The second-order valence-corrected chi connectivity index (χ2v) is 5.03. The molecule has 100 valence electrons. The number of aromatic nitrogens is 1. The molecule has 2 aromatic rings. The molecule has 0 fully saturated rings. The van der Waals surface area contributed by atoms with Crippen molar-refractivity contribution in [2.75, 3.05) is 10.7 Å². The van der Waals surface area contributed by atoms with E-state index in [1.54, 1.807) is 6.07 Å². The molecular weight excluding hydrogens is 283 g/mol. The SMILES string of the molecule is Cc1ccc(Nc2nc(NN)c(Cl)cc2Cl)cc1C. The third-order valence-corrected chi connectivity index (χ3v) is 3.41. The number of nitrogen functional groups attached to an aromatic ring is 1. The first-order chi connectivity index (χ1) is 9.01. The predicted octanol–water partition coefficient (Wildman–Crippen LogP) is 4.03. The lowest BCUT2D eigenvalue weighted by molar-refractivity contribution is 1.22. The smallest absolute Gasteiger partial charge is 0.161 e. The molecule has 4 N–H and O–H groups in total. The summed E-state index contributed by atoms with van der Waals surface area (Å²) in [5.41, 5.74) is 5.75. The molecule has 0 aliphatic carbocycles. The normalized spacial score (nSPS) is 10.4. The fourth-order valence-corrected chi connectivity index (χ4v) is 2.07. The number of anilines is 3. The maximum Gasteiger partial charge on any atom is 0.161 e. The van der Waals surface area contributed by atoms with Gasteiger partial charge in [-0.1, -0.05) is 29.3 Å². The van der Waals surface area contributed by atoms with Crippen LogP contribution in [0.3, 0.4) is 0 Å². The first-order valence-corrected chi connectivity index (χ1v) is 6.44.